The number of nitro groups is 1. The van der Waals surface area contributed by atoms with E-state index in [0.29, 0.717) is 28.2 Å². The molecular weight excluding hydrogens is 366 g/mol. The summed E-state index contributed by atoms with van der Waals surface area (Å²) in [4.78, 5) is 28.0. The number of carbonyl (C=O) groups is 1. The Morgan fingerprint density at radius 2 is 2.33 bits per heavy atom. The second-order valence-corrected chi connectivity index (χ2v) is 8.23. The molecule has 8 nitrogen and oxygen atoms in total. The van der Waals surface area contributed by atoms with Crippen molar-refractivity contribution < 1.29 is 9.72 Å². The first-order chi connectivity index (χ1) is 12.8. The minimum absolute atomic E-state index is 0.218. The van der Waals surface area contributed by atoms with E-state index >= 15 is 0 Å². The maximum Gasteiger partial charge on any atom is 0.343 e. The Morgan fingerprint density at radius 3 is 2.96 bits per heavy atom. The zero-order valence-electron chi connectivity index (χ0n) is 15.5. The van der Waals surface area contributed by atoms with Crippen molar-refractivity contribution >= 4 is 28.1 Å². The number of carbonyl (C=O) groups excluding carboxylic acids is 1. The van der Waals surface area contributed by atoms with Crippen LogP contribution in [0.15, 0.2) is 6.20 Å². The van der Waals surface area contributed by atoms with Crippen molar-refractivity contribution in [2.45, 2.75) is 46.6 Å². The lowest BCUT2D eigenvalue weighted by atomic mass is 9.81. The molecule has 1 atom stereocenters. The number of hydrogen-bond donors (Lipinski definition) is 1. The normalized spacial score (nSPS) is 16.0. The Kier molecular flexibility index (Phi) is 5.28. The zero-order valence-corrected chi connectivity index (χ0v) is 16.3. The van der Waals surface area contributed by atoms with Crippen LogP contribution in [0.4, 0.5) is 10.8 Å². The van der Waals surface area contributed by atoms with Crippen molar-refractivity contribution in [2.24, 2.45) is 11.8 Å². The number of hydrogen-bond acceptors (Lipinski definition) is 6. The van der Waals surface area contributed by atoms with Crippen molar-refractivity contribution in [1.82, 2.24) is 9.55 Å². The van der Waals surface area contributed by atoms with Gasteiger partial charge in [0.15, 0.2) is 12.4 Å². The van der Waals surface area contributed by atoms with E-state index in [9.17, 15) is 20.2 Å². The molecule has 1 aliphatic carbocycles. The third kappa shape index (κ3) is 3.71. The fourth-order valence-corrected chi connectivity index (χ4v) is 4.80. The second kappa shape index (κ2) is 7.48. The van der Waals surface area contributed by atoms with Crippen LogP contribution in [0.2, 0.25) is 0 Å². The zero-order chi connectivity index (χ0) is 19.7. The van der Waals surface area contributed by atoms with Crippen molar-refractivity contribution in [1.29, 1.82) is 5.26 Å². The Balaban J connectivity index is 1.81. The smallest absolute Gasteiger partial charge is 0.343 e. The van der Waals surface area contributed by atoms with Gasteiger partial charge in [0.2, 0.25) is 0 Å². The molecule has 0 fully saturated rings. The first-order valence-electron chi connectivity index (χ1n) is 8.82. The lowest BCUT2D eigenvalue weighted by molar-refractivity contribution is -0.392. The molecule has 0 saturated heterocycles. The number of amides is 1. The van der Waals surface area contributed by atoms with E-state index in [0.717, 1.165) is 35.9 Å². The van der Waals surface area contributed by atoms with E-state index in [-0.39, 0.29) is 12.4 Å². The molecule has 3 rings (SSSR count). The van der Waals surface area contributed by atoms with Crippen LogP contribution in [0, 0.1) is 40.2 Å². The Bertz CT molecular complexity index is 938. The van der Waals surface area contributed by atoms with Gasteiger partial charge in [-0.05, 0) is 41.6 Å². The van der Waals surface area contributed by atoms with Crippen molar-refractivity contribution in [3.8, 4) is 6.07 Å². The third-order valence-electron chi connectivity index (χ3n) is 5.13. The maximum absolute atomic E-state index is 12.5. The number of nitriles is 1. The van der Waals surface area contributed by atoms with Gasteiger partial charge in [-0.25, -0.2) is 9.55 Å². The van der Waals surface area contributed by atoms with Crippen LogP contribution in [-0.2, 0) is 24.2 Å². The van der Waals surface area contributed by atoms with Gasteiger partial charge in [0, 0.05) is 11.8 Å². The molecule has 142 valence electrons. The monoisotopic (exact) mass is 387 g/mol. The van der Waals surface area contributed by atoms with Crippen LogP contribution in [0.3, 0.4) is 0 Å². The standard InChI is InChI=1S/C18H21N5O3S/c1-10(2)12-4-5-13-14(7-19)18(27-15(13)6-12)21-16(24)9-22-11(3)20-8-17(22)23(25)26/h8,10,12H,4-6,9H2,1-3H3,(H,21,24). The van der Waals surface area contributed by atoms with Gasteiger partial charge in [0.05, 0.1) is 5.56 Å². The van der Waals surface area contributed by atoms with Gasteiger partial charge in [-0.1, -0.05) is 13.8 Å². The number of imidazole rings is 1. The molecule has 0 saturated carbocycles. The largest absolute Gasteiger partial charge is 0.358 e. The van der Waals surface area contributed by atoms with Crippen LogP contribution in [-0.4, -0.2) is 20.4 Å². The Hall–Kier alpha value is -2.73. The number of anilines is 1. The SMILES string of the molecule is Cc1ncc([N+](=O)[O-])n1CC(=O)Nc1sc2c(c1C#N)CCC(C(C)C)C2. The van der Waals surface area contributed by atoms with Gasteiger partial charge in [0.1, 0.15) is 17.3 Å². The van der Waals surface area contributed by atoms with E-state index in [1.54, 1.807) is 6.92 Å². The molecule has 1 aliphatic rings. The van der Waals surface area contributed by atoms with E-state index in [2.05, 4.69) is 30.2 Å². The predicted molar refractivity (Wildman–Crippen MR) is 102 cm³/mol. The molecule has 27 heavy (non-hydrogen) atoms. The average Bonchev–Trinajstić information content (AvgIpc) is 3.14. The number of aryl methyl sites for hydroxylation is 1. The van der Waals surface area contributed by atoms with Gasteiger partial charge in [-0.3, -0.25) is 4.79 Å². The fourth-order valence-electron chi connectivity index (χ4n) is 3.49. The predicted octanol–water partition coefficient (Wildman–Crippen LogP) is 3.43. The van der Waals surface area contributed by atoms with Crippen molar-refractivity contribution in [3.63, 3.8) is 0 Å². The van der Waals surface area contributed by atoms with Crippen LogP contribution >= 0.6 is 11.3 Å². The molecule has 0 radical (unpaired) electrons. The van der Waals surface area contributed by atoms with Gasteiger partial charge in [-0.15, -0.1) is 11.3 Å². The van der Waals surface area contributed by atoms with Gasteiger partial charge >= 0.3 is 5.82 Å². The minimum Gasteiger partial charge on any atom is -0.358 e. The summed E-state index contributed by atoms with van der Waals surface area (Å²) in [7, 11) is 0. The topological polar surface area (TPSA) is 114 Å². The van der Waals surface area contributed by atoms with E-state index in [1.165, 1.54) is 15.9 Å². The molecule has 0 bridgehead atoms. The average molecular weight is 387 g/mol. The number of nitrogens with one attached hydrogen (secondary N) is 1. The second-order valence-electron chi connectivity index (χ2n) is 7.12. The fraction of sp³-hybridized carbons (Fsp3) is 0.500. The van der Waals surface area contributed by atoms with E-state index < -0.39 is 10.8 Å². The highest BCUT2D eigenvalue weighted by atomic mass is 32.1. The maximum atomic E-state index is 12.5. The molecule has 0 aromatic carbocycles. The quantitative estimate of drug-likeness (QED) is 0.623. The molecule has 2 aromatic heterocycles. The van der Waals surface area contributed by atoms with E-state index in [4.69, 9.17) is 0 Å². The van der Waals surface area contributed by atoms with Crippen LogP contribution in [0.5, 0.6) is 0 Å². The summed E-state index contributed by atoms with van der Waals surface area (Å²) in [5.41, 5.74) is 1.57. The minimum atomic E-state index is -0.566. The first-order valence-corrected chi connectivity index (χ1v) is 9.64. The molecule has 2 heterocycles. The number of nitrogens with zero attached hydrogens (tertiary/aromatic N) is 4. The van der Waals surface area contributed by atoms with Gasteiger partial charge in [0.25, 0.3) is 5.91 Å². The molecule has 9 heteroatoms. The molecule has 0 aliphatic heterocycles. The van der Waals surface area contributed by atoms with Crippen molar-refractivity contribution in [3.05, 3.63) is 38.1 Å². The number of thiophene rings is 1. The highest BCUT2D eigenvalue weighted by Gasteiger charge is 2.28. The summed E-state index contributed by atoms with van der Waals surface area (Å²) in [6.07, 6.45) is 3.96. The molecule has 0 spiro atoms. The number of fused-ring (bicyclic) bond motifs is 1. The van der Waals surface area contributed by atoms with Crippen LogP contribution in [0.25, 0.3) is 0 Å². The Morgan fingerprint density at radius 1 is 1.59 bits per heavy atom. The third-order valence-corrected chi connectivity index (χ3v) is 6.30. The summed E-state index contributed by atoms with van der Waals surface area (Å²) in [6, 6.07) is 2.22. The lowest BCUT2D eigenvalue weighted by Crippen LogP contribution is -2.20. The van der Waals surface area contributed by atoms with Gasteiger partial charge in [-0.2, -0.15) is 5.26 Å². The summed E-state index contributed by atoms with van der Waals surface area (Å²) in [6.45, 7) is 5.80. The number of rotatable bonds is 5. The summed E-state index contributed by atoms with van der Waals surface area (Å²) < 4.78 is 1.25. The molecule has 1 N–H and O–H groups in total. The summed E-state index contributed by atoms with van der Waals surface area (Å²) in [5, 5.41) is 24.0. The lowest BCUT2D eigenvalue weighted by Gasteiger charge is -2.25. The summed E-state index contributed by atoms with van der Waals surface area (Å²) in [5.74, 6) is 0.918. The highest BCUT2D eigenvalue weighted by molar-refractivity contribution is 7.16. The summed E-state index contributed by atoms with van der Waals surface area (Å²) >= 11 is 1.45. The van der Waals surface area contributed by atoms with E-state index in [1.807, 2.05) is 0 Å². The molecular formula is C18H21N5O3S. The highest BCUT2D eigenvalue weighted by Crippen LogP contribution is 2.41. The first kappa shape index (κ1) is 19.0. The van der Waals surface area contributed by atoms with Crippen LogP contribution < -0.4 is 5.32 Å². The van der Waals surface area contributed by atoms with Crippen molar-refractivity contribution in [2.75, 3.05) is 5.32 Å². The molecule has 1 amide bonds. The van der Waals surface area contributed by atoms with Crippen LogP contribution in [0.1, 0.15) is 42.1 Å². The van der Waals surface area contributed by atoms with Gasteiger partial charge < -0.3 is 15.4 Å². The molecule has 1 unspecified atom stereocenters. The number of aromatic nitrogens is 2. The Labute approximate surface area is 161 Å². The molecule has 2 aromatic rings.